The average Bonchev–Trinajstić information content (AvgIpc) is 2.87. The highest BCUT2D eigenvalue weighted by Gasteiger charge is 2.20. The van der Waals surface area contributed by atoms with Crippen LogP contribution in [0.15, 0.2) is 36.7 Å². The van der Waals surface area contributed by atoms with Crippen LogP contribution >= 0.6 is 0 Å². The molecule has 7 heteroatoms. The maximum absolute atomic E-state index is 12.9. The Hall–Kier alpha value is -2.41. The van der Waals surface area contributed by atoms with Gasteiger partial charge in [-0.15, -0.1) is 0 Å². The van der Waals surface area contributed by atoms with E-state index in [1.54, 1.807) is 6.20 Å². The molecule has 6 nitrogen and oxygen atoms in total. The lowest BCUT2D eigenvalue weighted by atomic mass is 10.3. The molecule has 1 aromatic heterocycles. The third kappa shape index (κ3) is 4.79. The van der Waals surface area contributed by atoms with E-state index in [0.717, 1.165) is 38.4 Å². The fourth-order valence-electron chi connectivity index (χ4n) is 2.89. The van der Waals surface area contributed by atoms with E-state index in [1.807, 2.05) is 22.7 Å². The molecule has 1 amide bonds. The Bertz CT molecular complexity index is 701. The maximum atomic E-state index is 12.9. The predicted molar refractivity (Wildman–Crippen MR) is 91.6 cm³/mol. The van der Waals surface area contributed by atoms with E-state index in [0.29, 0.717) is 12.3 Å². The third-order valence-corrected chi connectivity index (χ3v) is 4.40. The second-order valence-electron chi connectivity index (χ2n) is 6.21. The molecular formula is C18H23FN4O2. The lowest BCUT2D eigenvalue weighted by molar-refractivity contribution is -0.133. The van der Waals surface area contributed by atoms with Gasteiger partial charge in [0.15, 0.2) is 6.61 Å². The van der Waals surface area contributed by atoms with Crippen molar-refractivity contribution in [1.82, 2.24) is 19.4 Å². The maximum Gasteiger partial charge on any atom is 0.260 e. The van der Waals surface area contributed by atoms with Crippen molar-refractivity contribution in [2.45, 2.75) is 13.0 Å². The van der Waals surface area contributed by atoms with Gasteiger partial charge in [0.05, 0.1) is 6.54 Å². The monoisotopic (exact) mass is 346 g/mol. The number of carbonyl (C=O) groups excluding carboxylic acids is 1. The second kappa shape index (κ2) is 8.11. The number of nitrogens with zero attached hydrogens (tertiary/aromatic N) is 4. The molecule has 25 heavy (non-hydrogen) atoms. The van der Waals surface area contributed by atoms with Gasteiger partial charge < -0.3 is 14.2 Å². The normalized spacial score (nSPS) is 15.8. The van der Waals surface area contributed by atoms with E-state index in [-0.39, 0.29) is 18.3 Å². The Morgan fingerprint density at radius 2 is 2.00 bits per heavy atom. The van der Waals surface area contributed by atoms with Crippen molar-refractivity contribution in [2.75, 3.05) is 32.8 Å². The van der Waals surface area contributed by atoms with Crippen molar-refractivity contribution in [3.05, 3.63) is 48.3 Å². The summed E-state index contributed by atoms with van der Waals surface area (Å²) in [4.78, 5) is 20.9. The minimum atomic E-state index is -0.320. The summed E-state index contributed by atoms with van der Waals surface area (Å²) in [5, 5.41) is 0. The summed E-state index contributed by atoms with van der Waals surface area (Å²) in [5.41, 5.74) is 0. The molecule has 0 radical (unpaired) electrons. The van der Waals surface area contributed by atoms with Crippen molar-refractivity contribution < 1.29 is 13.9 Å². The Kier molecular flexibility index (Phi) is 5.65. The first kappa shape index (κ1) is 17.4. The number of benzene rings is 1. The number of imidazole rings is 1. The summed E-state index contributed by atoms with van der Waals surface area (Å²) >= 11 is 0. The van der Waals surface area contributed by atoms with Crippen LogP contribution in [-0.2, 0) is 18.4 Å². The van der Waals surface area contributed by atoms with Gasteiger partial charge in [0, 0.05) is 45.6 Å². The molecule has 2 heterocycles. The van der Waals surface area contributed by atoms with Crippen molar-refractivity contribution >= 4 is 5.91 Å². The SMILES string of the molecule is Cn1ccnc1CN1CCCN(C(=O)COc2ccc(F)cc2)CC1. The molecule has 1 aliphatic rings. The Morgan fingerprint density at radius 3 is 2.72 bits per heavy atom. The number of carbonyl (C=O) groups is 1. The molecule has 3 rings (SSSR count). The van der Waals surface area contributed by atoms with Gasteiger partial charge in [0.2, 0.25) is 0 Å². The topological polar surface area (TPSA) is 50.6 Å². The van der Waals surface area contributed by atoms with Crippen LogP contribution in [0.25, 0.3) is 0 Å². The molecule has 134 valence electrons. The first-order valence-corrected chi connectivity index (χ1v) is 8.46. The summed E-state index contributed by atoms with van der Waals surface area (Å²) in [6, 6.07) is 5.70. The molecular weight excluding hydrogens is 323 g/mol. The van der Waals surface area contributed by atoms with Crippen LogP contribution < -0.4 is 4.74 Å². The van der Waals surface area contributed by atoms with Crippen molar-refractivity contribution in [2.24, 2.45) is 7.05 Å². The molecule has 0 bridgehead atoms. The van der Waals surface area contributed by atoms with Gasteiger partial charge in [0.25, 0.3) is 5.91 Å². The zero-order valence-corrected chi connectivity index (χ0v) is 14.4. The number of aromatic nitrogens is 2. The minimum Gasteiger partial charge on any atom is -0.484 e. The highest BCUT2D eigenvalue weighted by atomic mass is 19.1. The number of hydrogen-bond donors (Lipinski definition) is 0. The molecule has 1 aliphatic heterocycles. The van der Waals surface area contributed by atoms with Crippen LogP contribution in [0.5, 0.6) is 5.75 Å². The lowest BCUT2D eigenvalue weighted by Crippen LogP contribution is -2.38. The Balaban J connectivity index is 1.47. The van der Waals surface area contributed by atoms with Gasteiger partial charge in [-0.05, 0) is 30.7 Å². The van der Waals surface area contributed by atoms with Crippen LogP contribution in [0.2, 0.25) is 0 Å². The predicted octanol–water partition coefficient (Wildman–Crippen LogP) is 1.67. The number of hydrogen-bond acceptors (Lipinski definition) is 4. The summed E-state index contributed by atoms with van der Waals surface area (Å²) in [7, 11) is 1.99. The molecule has 1 fully saturated rings. The van der Waals surface area contributed by atoms with E-state index >= 15 is 0 Å². The summed E-state index contributed by atoms with van der Waals surface area (Å²) in [5.74, 6) is 1.17. The molecule has 0 spiro atoms. The van der Waals surface area contributed by atoms with Crippen LogP contribution in [-0.4, -0.2) is 58.0 Å². The first-order valence-electron chi connectivity index (χ1n) is 8.46. The zero-order valence-electron chi connectivity index (χ0n) is 14.4. The number of rotatable bonds is 5. The van der Waals surface area contributed by atoms with Crippen molar-refractivity contribution in [3.8, 4) is 5.75 Å². The molecule has 0 aliphatic carbocycles. The Labute approximate surface area is 146 Å². The summed E-state index contributed by atoms with van der Waals surface area (Å²) in [6.45, 7) is 3.92. The highest BCUT2D eigenvalue weighted by Crippen LogP contribution is 2.12. The van der Waals surface area contributed by atoms with Gasteiger partial charge in [0.1, 0.15) is 17.4 Å². The molecule has 0 N–H and O–H groups in total. The van der Waals surface area contributed by atoms with Crippen LogP contribution in [0.3, 0.4) is 0 Å². The van der Waals surface area contributed by atoms with E-state index in [1.165, 1.54) is 24.3 Å². The van der Waals surface area contributed by atoms with Crippen LogP contribution in [0, 0.1) is 5.82 Å². The van der Waals surface area contributed by atoms with E-state index in [4.69, 9.17) is 4.74 Å². The number of halogens is 1. The lowest BCUT2D eigenvalue weighted by Gasteiger charge is -2.22. The average molecular weight is 346 g/mol. The number of ether oxygens (including phenoxy) is 1. The fourth-order valence-corrected chi connectivity index (χ4v) is 2.89. The molecule has 0 atom stereocenters. The van der Waals surface area contributed by atoms with Crippen LogP contribution in [0.4, 0.5) is 4.39 Å². The molecule has 0 unspecified atom stereocenters. The highest BCUT2D eigenvalue weighted by molar-refractivity contribution is 5.77. The summed E-state index contributed by atoms with van der Waals surface area (Å²) in [6.07, 6.45) is 4.66. The van der Waals surface area contributed by atoms with E-state index in [2.05, 4.69) is 9.88 Å². The van der Waals surface area contributed by atoms with E-state index < -0.39 is 0 Å². The Morgan fingerprint density at radius 1 is 1.20 bits per heavy atom. The van der Waals surface area contributed by atoms with Crippen molar-refractivity contribution in [1.29, 1.82) is 0 Å². The molecule has 2 aromatic rings. The summed E-state index contributed by atoms with van der Waals surface area (Å²) < 4.78 is 20.4. The smallest absolute Gasteiger partial charge is 0.260 e. The standard InChI is InChI=1S/C18H23FN4O2/c1-21-10-7-20-17(21)13-22-8-2-9-23(12-11-22)18(24)14-25-16-5-3-15(19)4-6-16/h3-7,10H,2,8-9,11-14H2,1H3. The molecule has 1 aromatic carbocycles. The minimum absolute atomic E-state index is 0.0228. The largest absolute Gasteiger partial charge is 0.484 e. The quantitative estimate of drug-likeness (QED) is 0.826. The van der Waals surface area contributed by atoms with Gasteiger partial charge >= 0.3 is 0 Å². The first-order chi connectivity index (χ1) is 12.1. The third-order valence-electron chi connectivity index (χ3n) is 4.40. The van der Waals surface area contributed by atoms with Crippen LogP contribution in [0.1, 0.15) is 12.2 Å². The van der Waals surface area contributed by atoms with Gasteiger partial charge in [-0.25, -0.2) is 9.37 Å². The number of amides is 1. The second-order valence-corrected chi connectivity index (χ2v) is 6.21. The number of aryl methyl sites for hydroxylation is 1. The van der Waals surface area contributed by atoms with Gasteiger partial charge in [-0.2, -0.15) is 0 Å². The van der Waals surface area contributed by atoms with Gasteiger partial charge in [-0.3, -0.25) is 9.69 Å². The molecule has 1 saturated heterocycles. The van der Waals surface area contributed by atoms with E-state index in [9.17, 15) is 9.18 Å². The fraction of sp³-hybridized carbons (Fsp3) is 0.444. The van der Waals surface area contributed by atoms with Gasteiger partial charge in [-0.1, -0.05) is 0 Å². The molecule has 0 saturated carbocycles. The van der Waals surface area contributed by atoms with Crippen molar-refractivity contribution in [3.63, 3.8) is 0 Å². The zero-order chi connectivity index (χ0) is 17.6.